The number of para-hydroxylation sites is 3. The van der Waals surface area contributed by atoms with Crippen molar-refractivity contribution in [3.8, 4) is 5.69 Å². The molecular formula is C18H17N5. The molecule has 5 nitrogen and oxygen atoms in total. The molecule has 0 bridgehead atoms. The van der Waals surface area contributed by atoms with Gasteiger partial charge in [-0.05, 0) is 24.3 Å². The van der Waals surface area contributed by atoms with Crippen LogP contribution in [0.2, 0.25) is 0 Å². The molecule has 0 fully saturated rings. The van der Waals surface area contributed by atoms with Gasteiger partial charge in [0.2, 0.25) is 0 Å². The van der Waals surface area contributed by atoms with Crippen LogP contribution < -0.4 is 4.90 Å². The number of aromatic nitrogens is 3. The van der Waals surface area contributed by atoms with Crippen molar-refractivity contribution in [2.24, 2.45) is 0 Å². The number of fused-ring (bicyclic) bond motifs is 3. The molecule has 0 saturated carbocycles. The van der Waals surface area contributed by atoms with E-state index in [0.29, 0.717) is 0 Å². The van der Waals surface area contributed by atoms with Crippen LogP contribution in [0.5, 0.6) is 0 Å². The highest BCUT2D eigenvalue weighted by Crippen LogP contribution is 2.37. The molecule has 0 radical (unpaired) electrons. The Kier molecular flexibility index (Phi) is 3.12. The van der Waals surface area contributed by atoms with Gasteiger partial charge in [0.05, 0.1) is 11.4 Å². The van der Waals surface area contributed by atoms with Crippen molar-refractivity contribution in [3.05, 3.63) is 72.6 Å². The molecule has 1 aliphatic rings. The van der Waals surface area contributed by atoms with Gasteiger partial charge >= 0.3 is 0 Å². The standard InChI is InChI=1S/C18H17N5/c1-21(2)18-12-17-20-19-13-22(17)15-10-6-7-11-16(15)23(18)14-8-4-3-5-9-14/h3-13H,1-2H3. The summed E-state index contributed by atoms with van der Waals surface area (Å²) in [4.78, 5) is 4.33. The average molecular weight is 303 g/mol. The Morgan fingerprint density at radius 3 is 2.30 bits per heavy atom. The quantitative estimate of drug-likeness (QED) is 0.728. The Morgan fingerprint density at radius 1 is 0.870 bits per heavy atom. The van der Waals surface area contributed by atoms with E-state index in [1.165, 1.54) is 0 Å². The minimum Gasteiger partial charge on any atom is -0.364 e. The van der Waals surface area contributed by atoms with Crippen molar-refractivity contribution in [2.75, 3.05) is 19.0 Å². The van der Waals surface area contributed by atoms with Crippen molar-refractivity contribution >= 4 is 17.5 Å². The van der Waals surface area contributed by atoms with Crippen molar-refractivity contribution in [3.63, 3.8) is 0 Å². The van der Waals surface area contributed by atoms with Crippen LogP contribution in [-0.2, 0) is 0 Å². The summed E-state index contributed by atoms with van der Waals surface area (Å²) in [7, 11) is 4.08. The molecule has 0 N–H and O–H groups in total. The number of rotatable bonds is 2. The number of benzene rings is 2. The first-order chi connectivity index (χ1) is 11.3. The zero-order valence-corrected chi connectivity index (χ0v) is 13.1. The summed E-state index contributed by atoms with van der Waals surface area (Å²) in [6.07, 6.45) is 3.81. The molecule has 0 spiro atoms. The van der Waals surface area contributed by atoms with Gasteiger partial charge in [0, 0.05) is 25.9 Å². The topological polar surface area (TPSA) is 37.2 Å². The normalized spacial score (nSPS) is 13.0. The van der Waals surface area contributed by atoms with Crippen LogP contribution in [0.3, 0.4) is 0 Å². The van der Waals surface area contributed by atoms with Crippen molar-refractivity contribution < 1.29 is 0 Å². The Balaban J connectivity index is 2.03. The van der Waals surface area contributed by atoms with Gasteiger partial charge in [0.25, 0.3) is 0 Å². The van der Waals surface area contributed by atoms with Gasteiger partial charge in [0.15, 0.2) is 5.82 Å². The SMILES string of the molecule is CN(C)C1=Cc2nncn2-c2ccccc2N1c1ccccc1. The summed E-state index contributed by atoms with van der Waals surface area (Å²) in [5.41, 5.74) is 3.26. The van der Waals surface area contributed by atoms with Gasteiger partial charge < -0.3 is 4.90 Å². The maximum Gasteiger partial charge on any atom is 0.164 e. The molecule has 3 aromatic rings. The van der Waals surface area contributed by atoms with Gasteiger partial charge in [-0.3, -0.25) is 9.47 Å². The minimum atomic E-state index is 0.819. The smallest absolute Gasteiger partial charge is 0.164 e. The van der Waals surface area contributed by atoms with Gasteiger partial charge in [0.1, 0.15) is 12.1 Å². The molecular weight excluding hydrogens is 286 g/mol. The molecule has 2 aromatic carbocycles. The van der Waals surface area contributed by atoms with Crippen LogP contribution in [0.15, 0.2) is 66.7 Å². The third kappa shape index (κ3) is 2.17. The highest BCUT2D eigenvalue weighted by Gasteiger charge is 2.24. The lowest BCUT2D eigenvalue weighted by Gasteiger charge is -2.31. The number of nitrogens with zero attached hydrogens (tertiary/aromatic N) is 5. The molecule has 0 saturated heterocycles. The van der Waals surface area contributed by atoms with E-state index in [9.17, 15) is 0 Å². The molecule has 0 unspecified atom stereocenters. The van der Waals surface area contributed by atoms with Crippen molar-refractivity contribution in [2.45, 2.75) is 0 Å². The Morgan fingerprint density at radius 2 is 1.57 bits per heavy atom. The van der Waals surface area contributed by atoms with Crippen LogP contribution in [0.1, 0.15) is 5.82 Å². The predicted molar refractivity (Wildman–Crippen MR) is 91.6 cm³/mol. The average Bonchev–Trinajstić information content (AvgIpc) is 2.98. The monoisotopic (exact) mass is 303 g/mol. The highest BCUT2D eigenvalue weighted by atomic mass is 15.3. The lowest BCUT2D eigenvalue weighted by atomic mass is 10.2. The fourth-order valence-electron chi connectivity index (χ4n) is 2.87. The summed E-state index contributed by atoms with van der Waals surface area (Å²) in [6, 6.07) is 18.7. The maximum absolute atomic E-state index is 4.26. The van der Waals surface area contributed by atoms with Crippen LogP contribution in [0.25, 0.3) is 11.8 Å². The second kappa shape index (κ2) is 5.28. The van der Waals surface area contributed by atoms with Crippen LogP contribution in [-0.4, -0.2) is 33.8 Å². The summed E-state index contributed by atoms with van der Waals surface area (Å²) in [5.74, 6) is 1.86. The lowest BCUT2D eigenvalue weighted by molar-refractivity contribution is 0.507. The third-order valence-corrected chi connectivity index (χ3v) is 3.92. The van der Waals surface area contributed by atoms with E-state index >= 15 is 0 Å². The Hall–Kier alpha value is -3.08. The molecule has 5 heteroatoms. The van der Waals surface area contributed by atoms with Crippen LogP contribution in [0.4, 0.5) is 11.4 Å². The number of anilines is 2. The lowest BCUT2D eigenvalue weighted by Crippen LogP contribution is -2.27. The molecule has 4 rings (SSSR count). The van der Waals surface area contributed by atoms with Gasteiger partial charge in [-0.15, -0.1) is 10.2 Å². The molecule has 0 atom stereocenters. The fourth-order valence-corrected chi connectivity index (χ4v) is 2.87. The third-order valence-electron chi connectivity index (χ3n) is 3.92. The highest BCUT2D eigenvalue weighted by molar-refractivity contribution is 5.79. The van der Waals surface area contributed by atoms with Gasteiger partial charge in [-0.1, -0.05) is 30.3 Å². The van der Waals surface area contributed by atoms with Gasteiger partial charge in [-0.2, -0.15) is 0 Å². The van der Waals surface area contributed by atoms with Crippen molar-refractivity contribution in [1.29, 1.82) is 0 Å². The first kappa shape index (κ1) is 13.6. The van der Waals surface area contributed by atoms with E-state index < -0.39 is 0 Å². The second-order valence-electron chi connectivity index (χ2n) is 5.62. The number of hydrogen-bond donors (Lipinski definition) is 0. The minimum absolute atomic E-state index is 0.819. The molecule has 114 valence electrons. The molecule has 2 heterocycles. The van der Waals surface area contributed by atoms with Crippen molar-refractivity contribution in [1.82, 2.24) is 19.7 Å². The summed E-state index contributed by atoms with van der Waals surface area (Å²) in [5, 5.41) is 8.33. The molecule has 1 aliphatic heterocycles. The van der Waals surface area contributed by atoms with E-state index in [4.69, 9.17) is 0 Å². The Labute approximate surface area is 135 Å². The first-order valence-corrected chi connectivity index (χ1v) is 7.49. The van der Waals surface area contributed by atoms with E-state index in [2.05, 4.69) is 68.5 Å². The zero-order chi connectivity index (χ0) is 15.8. The van der Waals surface area contributed by atoms with E-state index in [1.54, 1.807) is 6.33 Å². The fraction of sp³-hybridized carbons (Fsp3) is 0.111. The summed E-state index contributed by atoms with van der Waals surface area (Å²) in [6.45, 7) is 0. The zero-order valence-electron chi connectivity index (χ0n) is 13.1. The molecule has 0 aliphatic carbocycles. The predicted octanol–water partition coefficient (Wildman–Crippen LogP) is 3.28. The molecule has 1 aromatic heterocycles. The van der Waals surface area contributed by atoms with Crippen LogP contribution in [0, 0.1) is 0 Å². The molecule has 23 heavy (non-hydrogen) atoms. The Bertz CT molecular complexity index is 864. The van der Waals surface area contributed by atoms with E-state index in [0.717, 1.165) is 28.7 Å². The van der Waals surface area contributed by atoms with Crippen LogP contribution >= 0.6 is 0 Å². The first-order valence-electron chi connectivity index (χ1n) is 7.49. The number of hydrogen-bond acceptors (Lipinski definition) is 4. The molecule has 0 amide bonds. The largest absolute Gasteiger partial charge is 0.364 e. The van der Waals surface area contributed by atoms with E-state index in [-0.39, 0.29) is 0 Å². The van der Waals surface area contributed by atoms with E-state index in [1.807, 2.05) is 30.8 Å². The van der Waals surface area contributed by atoms with Gasteiger partial charge in [-0.25, -0.2) is 0 Å². The summed E-state index contributed by atoms with van der Waals surface area (Å²) < 4.78 is 2.02. The maximum atomic E-state index is 4.26. The second-order valence-corrected chi connectivity index (χ2v) is 5.62. The summed E-state index contributed by atoms with van der Waals surface area (Å²) >= 11 is 0.